The Balaban J connectivity index is 1.53. The smallest absolute Gasteiger partial charge is 0.218 e. The molecule has 0 bridgehead atoms. The van der Waals surface area contributed by atoms with E-state index in [4.69, 9.17) is 24.5 Å². The minimum absolute atomic E-state index is 0.169. The molecule has 6 heteroatoms. The average Bonchev–Trinajstić information content (AvgIpc) is 3.54. The fourth-order valence-corrected chi connectivity index (χ4v) is 4.30. The molecule has 0 saturated heterocycles. The van der Waals surface area contributed by atoms with Crippen LogP contribution in [0.15, 0.2) is 93.8 Å². The molecule has 37 heavy (non-hydrogen) atoms. The Kier molecular flexibility index (Phi) is 7.35. The van der Waals surface area contributed by atoms with Gasteiger partial charge in [0.25, 0.3) is 0 Å². The van der Waals surface area contributed by atoms with Gasteiger partial charge < -0.3 is 14.8 Å². The Labute approximate surface area is 218 Å². The first-order valence-electron chi connectivity index (χ1n) is 13.0. The molecular weight excluding hydrogens is 460 g/mol. The zero-order valence-electron chi connectivity index (χ0n) is 21.9. The topological polar surface area (TPSA) is 67.6 Å². The number of hydrogen-bond acceptors (Lipinski definition) is 6. The second-order valence-electron chi connectivity index (χ2n) is 10.1. The van der Waals surface area contributed by atoms with Crippen molar-refractivity contribution < 1.29 is 9.47 Å². The summed E-state index contributed by atoms with van der Waals surface area (Å²) in [6, 6.07) is 26.5. The van der Waals surface area contributed by atoms with Gasteiger partial charge in [0.15, 0.2) is 0 Å². The first-order chi connectivity index (χ1) is 18.0. The van der Waals surface area contributed by atoms with E-state index >= 15 is 0 Å². The lowest BCUT2D eigenvalue weighted by molar-refractivity contribution is 0.292. The van der Waals surface area contributed by atoms with Gasteiger partial charge in [0.2, 0.25) is 11.8 Å². The fraction of sp³-hybridized carbons (Fsp3) is 0.323. The molecule has 1 N–H and O–H groups in total. The van der Waals surface area contributed by atoms with Crippen molar-refractivity contribution in [3.05, 3.63) is 95.3 Å². The van der Waals surface area contributed by atoms with Gasteiger partial charge in [-0.3, -0.25) is 0 Å². The summed E-state index contributed by atoms with van der Waals surface area (Å²) < 4.78 is 12.0. The molecule has 0 unspecified atom stereocenters. The molecular formula is C31H34N4O2. The molecule has 0 spiro atoms. The molecule has 6 nitrogen and oxygen atoms in total. The molecule has 5 rings (SSSR count). The third-order valence-electron chi connectivity index (χ3n) is 6.70. The first kappa shape index (κ1) is 24.8. The molecule has 2 atom stereocenters. The van der Waals surface area contributed by atoms with Crippen molar-refractivity contribution >= 4 is 28.9 Å². The predicted molar refractivity (Wildman–Crippen MR) is 150 cm³/mol. The maximum atomic E-state index is 5.99. The normalized spacial score (nSPS) is 19.5. The SMILES string of the molecule is CC(C)[C@H]1COC(c2ccccc2N=c2cccccc2Nc2ccccc2C2=N[C@@H](C(C)C)CO2)=N1. The number of aliphatic imine (C=N–C) groups is 2. The molecule has 0 fully saturated rings. The Hall–Kier alpha value is -3.93. The van der Waals surface area contributed by atoms with Crippen LogP contribution in [0.2, 0.25) is 0 Å². The number of benzene rings is 2. The number of rotatable bonds is 7. The van der Waals surface area contributed by atoms with E-state index in [0.717, 1.165) is 33.5 Å². The Morgan fingerprint density at radius 2 is 1.22 bits per heavy atom. The largest absolute Gasteiger partial charge is 0.475 e. The van der Waals surface area contributed by atoms with Crippen molar-refractivity contribution in [2.75, 3.05) is 18.5 Å². The lowest BCUT2D eigenvalue weighted by Crippen LogP contribution is -2.13. The number of para-hydroxylation sites is 2. The highest BCUT2D eigenvalue weighted by atomic mass is 16.5. The molecule has 0 radical (unpaired) electrons. The summed E-state index contributed by atoms with van der Waals surface area (Å²) in [6.07, 6.45) is 0. The van der Waals surface area contributed by atoms with Crippen LogP contribution in [0.25, 0.3) is 0 Å². The van der Waals surface area contributed by atoms with Gasteiger partial charge in [-0.15, -0.1) is 0 Å². The van der Waals surface area contributed by atoms with Crippen molar-refractivity contribution in [1.82, 2.24) is 0 Å². The van der Waals surface area contributed by atoms with Crippen LogP contribution in [0.4, 0.5) is 17.1 Å². The highest BCUT2D eigenvalue weighted by Crippen LogP contribution is 2.27. The second-order valence-corrected chi connectivity index (χ2v) is 10.1. The van der Waals surface area contributed by atoms with Gasteiger partial charge in [0.05, 0.1) is 45.6 Å². The van der Waals surface area contributed by atoms with Crippen LogP contribution in [0.1, 0.15) is 38.8 Å². The van der Waals surface area contributed by atoms with Crippen LogP contribution < -0.4 is 10.7 Å². The molecule has 0 amide bonds. The maximum Gasteiger partial charge on any atom is 0.218 e. The highest BCUT2D eigenvalue weighted by Gasteiger charge is 2.25. The monoisotopic (exact) mass is 494 g/mol. The zero-order chi connectivity index (χ0) is 25.8. The van der Waals surface area contributed by atoms with E-state index in [2.05, 4.69) is 33.0 Å². The summed E-state index contributed by atoms with van der Waals surface area (Å²) in [7, 11) is 0. The Morgan fingerprint density at radius 1 is 0.676 bits per heavy atom. The van der Waals surface area contributed by atoms with E-state index in [1.807, 2.05) is 78.9 Å². The first-order valence-corrected chi connectivity index (χ1v) is 13.0. The van der Waals surface area contributed by atoms with Gasteiger partial charge in [-0.2, -0.15) is 0 Å². The quantitative estimate of drug-likeness (QED) is 0.421. The van der Waals surface area contributed by atoms with E-state index in [1.165, 1.54) is 0 Å². The summed E-state index contributed by atoms with van der Waals surface area (Å²) in [6.45, 7) is 9.90. The number of anilines is 2. The predicted octanol–water partition coefficient (Wildman–Crippen LogP) is 6.27. The molecule has 3 aromatic rings. The number of ether oxygens (including phenoxy) is 2. The summed E-state index contributed by atoms with van der Waals surface area (Å²) in [4.78, 5) is 14.7. The van der Waals surface area contributed by atoms with Crippen molar-refractivity contribution in [3.63, 3.8) is 0 Å². The zero-order valence-corrected chi connectivity index (χ0v) is 21.9. The van der Waals surface area contributed by atoms with Gasteiger partial charge in [-0.1, -0.05) is 70.2 Å². The average molecular weight is 495 g/mol. The molecule has 2 aliphatic rings. The van der Waals surface area contributed by atoms with E-state index in [-0.39, 0.29) is 12.1 Å². The van der Waals surface area contributed by atoms with Crippen molar-refractivity contribution in [2.45, 2.75) is 39.8 Å². The number of nitrogens with one attached hydrogen (secondary N) is 1. The second kappa shape index (κ2) is 11.0. The molecule has 0 aliphatic carbocycles. The van der Waals surface area contributed by atoms with Gasteiger partial charge in [0.1, 0.15) is 13.2 Å². The van der Waals surface area contributed by atoms with Crippen LogP contribution in [0, 0.1) is 11.8 Å². The summed E-state index contributed by atoms with van der Waals surface area (Å²) in [5.41, 5.74) is 4.45. The fourth-order valence-electron chi connectivity index (χ4n) is 4.30. The minimum atomic E-state index is 0.169. The van der Waals surface area contributed by atoms with Gasteiger partial charge >= 0.3 is 0 Å². The van der Waals surface area contributed by atoms with Crippen LogP contribution in [-0.4, -0.2) is 37.1 Å². The van der Waals surface area contributed by atoms with E-state index in [1.54, 1.807) is 0 Å². The third kappa shape index (κ3) is 5.58. The van der Waals surface area contributed by atoms with E-state index < -0.39 is 0 Å². The Morgan fingerprint density at radius 3 is 1.89 bits per heavy atom. The minimum Gasteiger partial charge on any atom is -0.475 e. The maximum absolute atomic E-state index is 5.99. The van der Waals surface area contributed by atoms with Gasteiger partial charge in [0, 0.05) is 0 Å². The standard InChI is InChI=1S/C31H34N4O2/c1-20(2)28-18-36-30(34-28)22-12-8-10-14-24(22)32-26-16-6-5-7-17-27(26)33-25-15-11-9-13-23(25)31-35-29(19-37-31)21(3)4/h5-17,20-21,28-29H,18-19H2,1-4H3,(H,32,33)/t28-,29-/m1/s1. The summed E-state index contributed by atoms with van der Waals surface area (Å²) in [5, 5.41) is 4.40. The van der Waals surface area contributed by atoms with Gasteiger partial charge in [-0.05, 0) is 48.2 Å². The summed E-state index contributed by atoms with van der Waals surface area (Å²) in [5.74, 6) is 2.20. The molecule has 2 heterocycles. The van der Waals surface area contributed by atoms with Crippen LogP contribution in [0.3, 0.4) is 0 Å². The highest BCUT2D eigenvalue weighted by molar-refractivity contribution is 6.01. The molecule has 2 aliphatic heterocycles. The van der Waals surface area contributed by atoms with E-state index in [9.17, 15) is 0 Å². The number of hydrogen-bond donors (Lipinski definition) is 1. The summed E-state index contributed by atoms with van der Waals surface area (Å²) >= 11 is 0. The van der Waals surface area contributed by atoms with Crippen LogP contribution in [0.5, 0.6) is 0 Å². The van der Waals surface area contributed by atoms with Crippen molar-refractivity contribution in [1.29, 1.82) is 0 Å². The molecule has 0 aromatic heterocycles. The lowest BCUT2D eigenvalue weighted by Gasteiger charge is -2.12. The Bertz CT molecular complexity index is 1390. The van der Waals surface area contributed by atoms with Crippen molar-refractivity contribution in [2.24, 2.45) is 26.8 Å². The van der Waals surface area contributed by atoms with E-state index in [0.29, 0.717) is 36.8 Å². The molecule has 3 aromatic carbocycles. The molecule has 0 saturated carbocycles. The lowest BCUT2D eigenvalue weighted by atomic mass is 10.1. The van der Waals surface area contributed by atoms with Crippen molar-refractivity contribution in [3.8, 4) is 0 Å². The van der Waals surface area contributed by atoms with Crippen LogP contribution >= 0.6 is 0 Å². The van der Waals surface area contributed by atoms with Gasteiger partial charge in [-0.25, -0.2) is 15.0 Å². The number of nitrogens with zero attached hydrogens (tertiary/aromatic N) is 3. The third-order valence-corrected chi connectivity index (χ3v) is 6.70. The molecule has 190 valence electrons. The van der Waals surface area contributed by atoms with Crippen LogP contribution in [-0.2, 0) is 9.47 Å².